The molecule has 1 fully saturated rings. The summed E-state index contributed by atoms with van der Waals surface area (Å²) in [5.74, 6) is -0.304. The van der Waals surface area contributed by atoms with Crippen LogP contribution in [-0.2, 0) is 19.0 Å². The van der Waals surface area contributed by atoms with E-state index in [0.29, 0.717) is 33.0 Å². The van der Waals surface area contributed by atoms with Gasteiger partial charge in [-0.25, -0.2) is 4.79 Å². The zero-order chi connectivity index (χ0) is 11.6. The highest BCUT2D eigenvalue weighted by Crippen LogP contribution is 1.98. The largest absolute Gasteiger partial charge is 0.463 e. The molecule has 1 saturated heterocycles. The molecule has 0 bridgehead atoms. The Balaban J connectivity index is 2.00. The van der Waals surface area contributed by atoms with Crippen molar-refractivity contribution in [3.05, 3.63) is 12.2 Å². The molecular weight excluding hydrogens is 210 g/mol. The summed E-state index contributed by atoms with van der Waals surface area (Å²) in [6, 6.07) is 0. The molecule has 1 aliphatic heterocycles. The van der Waals surface area contributed by atoms with Crippen LogP contribution < -0.4 is 5.32 Å². The van der Waals surface area contributed by atoms with E-state index in [2.05, 4.69) is 5.32 Å². The molecule has 0 aromatic carbocycles. The Hall–Kier alpha value is -0.910. The third-order valence-corrected chi connectivity index (χ3v) is 2.06. The minimum atomic E-state index is -0.304. The van der Waals surface area contributed by atoms with Gasteiger partial charge in [0.25, 0.3) is 0 Å². The quantitative estimate of drug-likeness (QED) is 0.398. The topological polar surface area (TPSA) is 56.8 Å². The first kappa shape index (κ1) is 13.2. The fourth-order valence-corrected chi connectivity index (χ4v) is 1.33. The first-order valence-electron chi connectivity index (χ1n) is 5.56. The fourth-order valence-electron chi connectivity index (χ4n) is 1.33. The molecule has 5 nitrogen and oxygen atoms in total. The average molecular weight is 229 g/mol. The lowest BCUT2D eigenvalue weighted by atomic mass is 10.3. The van der Waals surface area contributed by atoms with Crippen LogP contribution in [0.5, 0.6) is 0 Å². The predicted octanol–water partition coefficient (Wildman–Crippen LogP) is 0.111. The van der Waals surface area contributed by atoms with E-state index < -0.39 is 0 Å². The van der Waals surface area contributed by atoms with Crippen LogP contribution in [0.4, 0.5) is 0 Å². The molecule has 0 aliphatic carbocycles. The van der Waals surface area contributed by atoms with Crippen molar-refractivity contribution in [3.63, 3.8) is 0 Å². The fraction of sp³-hybridized carbons (Fsp3) is 0.727. The van der Waals surface area contributed by atoms with Gasteiger partial charge >= 0.3 is 5.97 Å². The third kappa shape index (κ3) is 5.85. The van der Waals surface area contributed by atoms with E-state index in [4.69, 9.17) is 14.2 Å². The van der Waals surface area contributed by atoms with Gasteiger partial charge in [0.2, 0.25) is 0 Å². The molecule has 1 unspecified atom stereocenters. The lowest BCUT2D eigenvalue weighted by molar-refractivity contribution is -0.137. The second-order valence-corrected chi connectivity index (χ2v) is 3.38. The minimum Gasteiger partial charge on any atom is -0.463 e. The molecule has 0 aromatic rings. The maximum absolute atomic E-state index is 10.9. The zero-order valence-electron chi connectivity index (χ0n) is 9.61. The number of rotatable bonds is 6. The summed E-state index contributed by atoms with van der Waals surface area (Å²) in [5, 5.41) is 3.15. The lowest BCUT2D eigenvalue weighted by Gasteiger charge is -2.22. The summed E-state index contributed by atoms with van der Waals surface area (Å²) >= 11 is 0. The van der Waals surface area contributed by atoms with E-state index in [9.17, 15) is 4.79 Å². The van der Waals surface area contributed by atoms with Gasteiger partial charge in [-0.1, -0.05) is 6.08 Å². The summed E-state index contributed by atoms with van der Waals surface area (Å²) in [7, 11) is 0. The van der Waals surface area contributed by atoms with Crippen LogP contribution in [0.15, 0.2) is 12.2 Å². The molecule has 1 heterocycles. The molecule has 1 rings (SSSR count). The van der Waals surface area contributed by atoms with Gasteiger partial charge in [0, 0.05) is 19.2 Å². The van der Waals surface area contributed by atoms with E-state index in [1.165, 1.54) is 6.08 Å². The normalized spacial score (nSPS) is 21.2. The Labute approximate surface area is 95.7 Å². The maximum atomic E-state index is 10.9. The van der Waals surface area contributed by atoms with E-state index >= 15 is 0 Å². The standard InChI is InChI=1S/C11H19NO4/c1-2-15-11(13)4-3-5-12-8-10-9-14-6-7-16-10/h3-4,10,12H,2,5-9H2,1H3/b4-3+. The minimum absolute atomic E-state index is 0.116. The molecule has 92 valence electrons. The van der Waals surface area contributed by atoms with Crippen molar-refractivity contribution < 1.29 is 19.0 Å². The highest BCUT2D eigenvalue weighted by Gasteiger charge is 2.12. The number of ether oxygens (including phenoxy) is 3. The highest BCUT2D eigenvalue weighted by molar-refractivity contribution is 5.81. The number of hydrogen-bond acceptors (Lipinski definition) is 5. The smallest absolute Gasteiger partial charge is 0.330 e. The molecule has 0 aromatic heterocycles. The molecule has 0 spiro atoms. The highest BCUT2D eigenvalue weighted by atomic mass is 16.6. The van der Waals surface area contributed by atoms with Gasteiger partial charge < -0.3 is 19.5 Å². The molecule has 1 N–H and O–H groups in total. The Bertz CT molecular complexity index is 224. The molecule has 1 aliphatic rings. The van der Waals surface area contributed by atoms with Crippen LogP contribution in [0.2, 0.25) is 0 Å². The van der Waals surface area contributed by atoms with Crippen molar-refractivity contribution >= 4 is 5.97 Å². The van der Waals surface area contributed by atoms with Gasteiger partial charge in [-0.2, -0.15) is 0 Å². The van der Waals surface area contributed by atoms with E-state index in [1.54, 1.807) is 13.0 Å². The predicted molar refractivity (Wildman–Crippen MR) is 59.2 cm³/mol. The van der Waals surface area contributed by atoms with Gasteiger partial charge in [-0.3, -0.25) is 0 Å². The summed E-state index contributed by atoms with van der Waals surface area (Å²) in [5.41, 5.74) is 0. The molecule has 5 heteroatoms. The lowest BCUT2D eigenvalue weighted by Crippen LogP contribution is -2.37. The number of hydrogen-bond donors (Lipinski definition) is 1. The number of carbonyl (C=O) groups excluding carboxylic acids is 1. The van der Waals surface area contributed by atoms with Crippen molar-refractivity contribution in [1.82, 2.24) is 5.32 Å². The van der Waals surface area contributed by atoms with Crippen LogP contribution in [0.25, 0.3) is 0 Å². The van der Waals surface area contributed by atoms with Crippen molar-refractivity contribution in [2.75, 3.05) is 39.5 Å². The van der Waals surface area contributed by atoms with Crippen molar-refractivity contribution in [1.29, 1.82) is 0 Å². The first-order valence-corrected chi connectivity index (χ1v) is 5.56. The molecular formula is C11H19NO4. The number of carbonyl (C=O) groups is 1. The second kappa shape index (κ2) is 8.27. The van der Waals surface area contributed by atoms with Crippen LogP contribution >= 0.6 is 0 Å². The number of esters is 1. The van der Waals surface area contributed by atoms with Crippen LogP contribution in [0.3, 0.4) is 0 Å². The van der Waals surface area contributed by atoms with Gasteiger partial charge in [-0.15, -0.1) is 0 Å². The Morgan fingerprint density at radius 3 is 3.12 bits per heavy atom. The molecule has 0 amide bonds. The average Bonchev–Trinajstić information content (AvgIpc) is 2.30. The third-order valence-electron chi connectivity index (χ3n) is 2.06. The van der Waals surface area contributed by atoms with Crippen LogP contribution in [-0.4, -0.2) is 51.6 Å². The summed E-state index contributed by atoms with van der Waals surface area (Å²) in [6.07, 6.45) is 3.28. The number of nitrogens with one attached hydrogen (secondary N) is 1. The first-order chi connectivity index (χ1) is 7.83. The van der Waals surface area contributed by atoms with Crippen molar-refractivity contribution in [3.8, 4) is 0 Å². The summed E-state index contributed by atoms with van der Waals surface area (Å²) in [6.45, 7) is 5.51. The zero-order valence-corrected chi connectivity index (χ0v) is 9.61. The van der Waals surface area contributed by atoms with Crippen molar-refractivity contribution in [2.24, 2.45) is 0 Å². The van der Waals surface area contributed by atoms with Gasteiger partial charge in [0.1, 0.15) is 0 Å². The van der Waals surface area contributed by atoms with Gasteiger partial charge in [0.15, 0.2) is 0 Å². The van der Waals surface area contributed by atoms with Crippen LogP contribution in [0.1, 0.15) is 6.92 Å². The maximum Gasteiger partial charge on any atom is 0.330 e. The summed E-state index contributed by atoms with van der Waals surface area (Å²) in [4.78, 5) is 10.9. The van der Waals surface area contributed by atoms with Gasteiger partial charge in [-0.05, 0) is 6.92 Å². The Morgan fingerprint density at radius 2 is 2.44 bits per heavy atom. The summed E-state index contributed by atoms with van der Waals surface area (Å²) < 4.78 is 15.4. The van der Waals surface area contributed by atoms with E-state index in [0.717, 1.165) is 6.54 Å². The van der Waals surface area contributed by atoms with E-state index in [1.807, 2.05) is 0 Å². The van der Waals surface area contributed by atoms with Crippen molar-refractivity contribution in [2.45, 2.75) is 13.0 Å². The van der Waals surface area contributed by atoms with Crippen LogP contribution in [0, 0.1) is 0 Å². The SMILES string of the molecule is CCOC(=O)/C=C/CNCC1COCCO1. The van der Waals surface area contributed by atoms with E-state index in [-0.39, 0.29) is 12.1 Å². The molecule has 16 heavy (non-hydrogen) atoms. The molecule has 1 atom stereocenters. The van der Waals surface area contributed by atoms with Gasteiger partial charge in [0.05, 0.1) is 32.5 Å². The monoisotopic (exact) mass is 229 g/mol. The molecule has 0 saturated carbocycles. The Kier molecular flexibility index (Phi) is 6.80. The molecule has 0 radical (unpaired) electrons. The Morgan fingerprint density at radius 1 is 1.56 bits per heavy atom. The second-order valence-electron chi connectivity index (χ2n) is 3.38.